The summed E-state index contributed by atoms with van der Waals surface area (Å²) in [5, 5.41) is 1.16. The minimum absolute atomic E-state index is 0. The van der Waals surface area contributed by atoms with Crippen LogP contribution >= 0.6 is 7.82 Å². The molecule has 2 rings (SSSR count). The smallest absolute Gasteiger partial charge is 0.790 e. The van der Waals surface area contributed by atoms with Crippen molar-refractivity contribution in [3.05, 3.63) is 36.6 Å². The zero-order valence-electron chi connectivity index (χ0n) is 8.99. The fourth-order valence-electron chi connectivity index (χ4n) is 0.906. The van der Waals surface area contributed by atoms with E-state index in [1.807, 2.05) is 30.3 Å². The van der Waals surface area contributed by atoms with Gasteiger partial charge in [0.15, 0.2) is 0 Å². The molecule has 0 aliphatic rings. The van der Waals surface area contributed by atoms with E-state index < -0.39 is 7.82 Å². The van der Waals surface area contributed by atoms with Crippen LogP contribution in [-0.4, -0.2) is 4.89 Å². The SMILES string of the molecule is O=P([O-])([O-])O.[Na+].[Na+].c1ccc2occc2c1. The molecular weight excluding hydrogens is 253 g/mol. The van der Waals surface area contributed by atoms with Gasteiger partial charge in [-0.15, -0.1) is 0 Å². The summed E-state index contributed by atoms with van der Waals surface area (Å²) in [5.74, 6) is 0. The van der Waals surface area contributed by atoms with E-state index in [0.717, 1.165) is 11.0 Å². The van der Waals surface area contributed by atoms with Gasteiger partial charge in [-0.3, -0.25) is 0 Å². The molecule has 0 aliphatic heterocycles. The van der Waals surface area contributed by atoms with Crippen molar-refractivity contribution < 1.29 is 82.8 Å². The molecule has 0 bridgehead atoms. The molecule has 0 atom stereocenters. The third kappa shape index (κ3) is 8.96. The fraction of sp³-hybridized carbons (Fsp3) is 0. The van der Waals surface area contributed by atoms with Crippen LogP contribution < -0.4 is 68.9 Å². The van der Waals surface area contributed by atoms with Crippen LogP contribution in [0.2, 0.25) is 0 Å². The Morgan fingerprint density at radius 1 is 1.12 bits per heavy atom. The summed E-state index contributed by atoms with van der Waals surface area (Å²) in [6.07, 6.45) is 1.70. The van der Waals surface area contributed by atoms with Gasteiger partial charge in [-0.2, -0.15) is 0 Å². The second-order valence-corrected chi connectivity index (χ2v) is 3.36. The first-order valence-electron chi connectivity index (χ1n) is 3.64. The first-order chi connectivity index (χ1) is 6.47. The maximum Gasteiger partial charge on any atom is 1.00 e. The number of hydrogen-bond donors (Lipinski definition) is 1. The Labute approximate surface area is 137 Å². The molecule has 1 heterocycles. The molecular formula is C8H7Na2O5P. The summed E-state index contributed by atoms with van der Waals surface area (Å²) in [5.41, 5.74) is 0.956. The maximum atomic E-state index is 8.66. The largest absolute Gasteiger partial charge is 1.00 e. The van der Waals surface area contributed by atoms with Crippen LogP contribution in [0.1, 0.15) is 0 Å². The van der Waals surface area contributed by atoms with E-state index in [4.69, 9.17) is 23.7 Å². The molecule has 0 spiro atoms. The first kappa shape index (κ1) is 19.2. The minimum Gasteiger partial charge on any atom is -0.790 e. The van der Waals surface area contributed by atoms with Gasteiger partial charge in [0.05, 0.1) is 14.1 Å². The molecule has 5 nitrogen and oxygen atoms in total. The summed E-state index contributed by atoms with van der Waals surface area (Å²) >= 11 is 0. The Kier molecular flexibility index (Phi) is 10.7. The van der Waals surface area contributed by atoms with Crippen molar-refractivity contribution in [1.29, 1.82) is 0 Å². The number of hydrogen-bond acceptors (Lipinski definition) is 4. The molecule has 1 aromatic heterocycles. The quantitative estimate of drug-likeness (QED) is 0.376. The standard InChI is InChI=1S/C8H6O.2Na.H3O4P/c1-2-4-8-7(3-1)5-6-9-8;;;1-5(2,3)4/h1-6H;;;(H3,1,2,3,4)/q;2*+1;/p-2. The van der Waals surface area contributed by atoms with Gasteiger partial charge in [-0.05, 0) is 12.1 Å². The van der Waals surface area contributed by atoms with Crippen LogP contribution in [0, 0.1) is 0 Å². The normalized spacial score (nSPS) is 9.44. The molecule has 0 unspecified atom stereocenters. The summed E-state index contributed by atoms with van der Waals surface area (Å²) in [4.78, 5) is 24.3. The Balaban J connectivity index is 0. The average molecular weight is 260 g/mol. The summed E-state index contributed by atoms with van der Waals surface area (Å²) in [7, 11) is -5.14. The van der Waals surface area contributed by atoms with Gasteiger partial charge < -0.3 is 23.7 Å². The Morgan fingerprint density at radius 3 is 2.12 bits per heavy atom. The molecule has 1 aromatic carbocycles. The van der Waals surface area contributed by atoms with Crippen LogP contribution in [0.5, 0.6) is 0 Å². The van der Waals surface area contributed by atoms with Crippen molar-refractivity contribution in [2.75, 3.05) is 0 Å². The van der Waals surface area contributed by atoms with Crippen molar-refractivity contribution in [3.63, 3.8) is 0 Å². The Morgan fingerprint density at radius 2 is 1.62 bits per heavy atom. The van der Waals surface area contributed by atoms with Gasteiger partial charge in [-0.25, -0.2) is 0 Å². The van der Waals surface area contributed by atoms with Crippen LogP contribution in [0.3, 0.4) is 0 Å². The summed E-state index contributed by atoms with van der Waals surface area (Å²) < 4.78 is 13.8. The average Bonchev–Trinajstić information content (AvgIpc) is 2.47. The van der Waals surface area contributed by atoms with Crippen molar-refractivity contribution in [1.82, 2.24) is 0 Å². The van der Waals surface area contributed by atoms with Crippen LogP contribution in [0.15, 0.2) is 41.0 Å². The number of benzene rings is 1. The molecule has 0 fully saturated rings. The minimum atomic E-state index is -5.14. The molecule has 16 heavy (non-hydrogen) atoms. The zero-order chi connectivity index (χ0) is 10.6. The van der Waals surface area contributed by atoms with E-state index in [1.54, 1.807) is 6.26 Å². The van der Waals surface area contributed by atoms with E-state index in [-0.39, 0.29) is 59.1 Å². The number of para-hydroxylation sites is 1. The van der Waals surface area contributed by atoms with Gasteiger partial charge >= 0.3 is 59.1 Å². The Bertz CT molecular complexity index is 414. The molecule has 76 valence electrons. The van der Waals surface area contributed by atoms with E-state index in [0.29, 0.717) is 0 Å². The second kappa shape index (κ2) is 8.89. The van der Waals surface area contributed by atoms with E-state index in [2.05, 4.69) is 0 Å². The second-order valence-electron chi connectivity index (χ2n) is 2.43. The van der Waals surface area contributed by atoms with E-state index >= 15 is 0 Å². The molecule has 0 radical (unpaired) electrons. The topological polar surface area (TPSA) is 96.6 Å². The Hall–Kier alpha value is 0.870. The molecule has 0 aliphatic carbocycles. The van der Waals surface area contributed by atoms with Crippen LogP contribution in [0.25, 0.3) is 11.0 Å². The molecule has 0 saturated heterocycles. The van der Waals surface area contributed by atoms with E-state index in [1.165, 1.54) is 0 Å². The molecule has 1 N–H and O–H groups in total. The van der Waals surface area contributed by atoms with Crippen molar-refractivity contribution in [2.24, 2.45) is 0 Å². The van der Waals surface area contributed by atoms with Crippen LogP contribution in [-0.2, 0) is 4.57 Å². The molecule has 2 aromatic rings. The van der Waals surface area contributed by atoms with Crippen molar-refractivity contribution in [3.8, 4) is 0 Å². The van der Waals surface area contributed by atoms with Gasteiger partial charge in [0.25, 0.3) is 0 Å². The maximum absolute atomic E-state index is 8.66. The monoisotopic (exact) mass is 260 g/mol. The number of phosphoric acid groups is 1. The summed E-state index contributed by atoms with van der Waals surface area (Å²) in [6.45, 7) is 0. The fourth-order valence-corrected chi connectivity index (χ4v) is 0.906. The first-order valence-corrected chi connectivity index (χ1v) is 5.13. The van der Waals surface area contributed by atoms with Crippen molar-refractivity contribution >= 4 is 18.8 Å². The molecule has 0 amide bonds. The van der Waals surface area contributed by atoms with Gasteiger partial charge in [0.2, 0.25) is 0 Å². The predicted molar refractivity (Wildman–Crippen MR) is 46.0 cm³/mol. The number of fused-ring (bicyclic) bond motifs is 1. The van der Waals surface area contributed by atoms with Gasteiger partial charge in [0.1, 0.15) is 5.58 Å². The third-order valence-electron chi connectivity index (χ3n) is 1.36. The van der Waals surface area contributed by atoms with Crippen LogP contribution in [0.4, 0.5) is 0 Å². The predicted octanol–water partition coefficient (Wildman–Crippen LogP) is -5.75. The van der Waals surface area contributed by atoms with Gasteiger partial charge in [-0.1, -0.05) is 18.2 Å². The molecule has 0 saturated carbocycles. The van der Waals surface area contributed by atoms with Gasteiger partial charge in [0, 0.05) is 5.39 Å². The summed E-state index contributed by atoms with van der Waals surface area (Å²) in [6, 6.07) is 9.90. The molecule has 8 heteroatoms. The number of rotatable bonds is 0. The van der Waals surface area contributed by atoms with Crippen molar-refractivity contribution in [2.45, 2.75) is 0 Å². The third-order valence-corrected chi connectivity index (χ3v) is 1.36. The van der Waals surface area contributed by atoms with E-state index in [9.17, 15) is 0 Å². The number of furan rings is 1. The zero-order valence-corrected chi connectivity index (χ0v) is 13.9.